The van der Waals surface area contributed by atoms with Crippen molar-refractivity contribution in [2.75, 3.05) is 5.32 Å². The molecule has 3 nitrogen and oxygen atoms in total. The van der Waals surface area contributed by atoms with Gasteiger partial charge in [0.1, 0.15) is 0 Å². The van der Waals surface area contributed by atoms with Gasteiger partial charge in [-0.3, -0.25) is 4.79 Å². The van der Waals surface area contributed by atoms with Crippen molar-refractivity contribution in [3.63, 3.8) is 0 Å². The summed E-state index contributed by atoms with van der Waals surface area (Å²) in [6.07, 6.45) is 0. The molecule has 1 aliphatic rings. The van der Waals surface area contributed by atoms with Crippen LogP contribution >= 0.6 is 0 Å². The molecule has 102 valence electrons. The first-order valence-corrected chi connectivity index (χ1v) is 6.84. The fourth-order valence-electron chi connectivity index (χ4n) is 2.58. The molecule has 1 amide bonds. The Labute approximate surface area is 119 Å². The van der Waals surface area contributed by atoms with Crippen molar-refractivity contribution in [3.05, 3.63) is 64.2 Å². The van der Waals surface area contributed by atoms with E-state index in [-0.39, 0.29) is 5.91 Å². The van der Waals surface area contributed by atoms with Crippen LogP contribution in [-0.2, 0) is 13.1 Å². The highest BCUT2D eigenvalue weighted by atomic mass is 16.1. The van der Waals surface area contributed by atoms with Crippen molar-refractivity contribution in [1.29, 1.82) is 0 Å². The van der Waals surface area contributed by atoms with Crippen LogP contribution in [0.15, 0.2) is 36.4 Å². The summed E-state index contributed by atoms with van der Waals surface area (Å²) in [5.74, 6) is -0.0494. The molecule has 0 atom stereocenters. The van der Waals surface area contributed by atoms with Crippen molar-refractivity contribution < 1.29 is 4.79 Å². The minimum Gasteiger partial charge on any atom is -0.322 e. The average molecular weight is 266 g/mol. The Morgan fingerprint density at radius 1 is 1.05 bits per heavy atom. The van der Waals surface area contributed by atoms with E-state index >= 15 is 0 Å². The zero-order valence-electron chi connectivity index (χ0n) is 11.8. The molecule has 1 heterocycles. The first-order chi connectivity index (χ1) is 9.63. The summed E-state index contributed by atoms with van der Waals surface area (Å²) >= 11 is 0. The van der Waals surface area contributed by atoms with Gasteiger partial charge in [-0.15, -0.1) is 0 Å². The lowest BCUT2D eigenvalue weighted by atomic mass is 10.1. The predicted octanol–water partition coefficient (Wildman–Crippen LogP) is 3.16. The number of carbonyl (C=O) groups is 1. The Bertz CT molecular complexity index is 677. The van der Waals surface area contributed by atoms with Gasteiger partial charge in [0.2, 0.25) is 0 Å². The summed E-state index contributed by atoms with van der Waals surface area (Å²) in [5.41, 5.74) is 6.38. The topological polar surface area (TPSA) is 41.1 Å². The third kappa shape index (κ3) is 2.45. The van der Waals surface area contributed by atoms with Gasteiger partial charge in [0.25, 0.3) is 5.91 Å². The highest BCUT2D eigenvalue weighted by Gasteiger charge is 2.14. The first-order valence-electron chi connectivity index (χ1n) is 6.84. The largest absolute Gasteiger partial charge is 0.322 e. The molecule has 0 bridgehead atoms. The number of hydrogen-bond acceptors (Lipinski definition) is 2. The predicted molar refractivity (Wildman–Crippen MR) is 80.9 cm³/mol. The van der Waals surface area contributed by atoms with E-state index in [1.807, 2.05) is 44.2 Å². The minimum atomic E-state index is -0.0494. The Hall–Kier alpha value is -2.13. The normalized spacial score (nSPS) is 13.1. The molecule has 2 N–H and O–H groups in total. The summed E-state index contributed by atoms with van der Waals surface area (Å²) in [5, 5.41) is 6.27. The number of anilines is 1. The lowest BCUT2D eigenvalue weighted by Gasteiger charge is -2.10. The second kappa shape index (κ2) is 5.10. The standard InChI is InChI=1S/C17H18N2O/c1-11-3-6-16(12(2)7-11)19-17(20)13-4-5-14-9-18-10-15(14)8-13/h3-8,18H,9-10H2,1-2H3,(H,19,20). The number of nitrogens with one attached hydrogen (secondary N) is 2. The molecule has 0 aromatic heterocycles. The van der Waals surface area contributed by atoms with Crippen molar-refractivity contribution in [2.24, 2.45) is 0 Å². The lowest BCUT2D eigenvalue weighted by molar-refractivity contribution is 0.102. The second-order valence-electron chi connectivity index (χ2n) is 5.36. The number of benzene rings is 2. The van der Waals surface area contributed by atoms with Crippen molar-refractivity contribution in [1.82, 2.24) is 5.32 Å². The Morgan fingerprint density at radius 2 is 1.85 bits per heavy atom. The van der Waals surface area contributed by atoms with Crippen LogP contribution < -0.4 is 10.6 Å². The monoisotopic (exact) mass is 266 g/mol. The maximum absolute atomic E-state index is 12.3. The fourth-order valence-corrected chi connectivity index (χ4v) is 2.58. The van der Waals surface area contributed by atoms with E-state index in [9.17, 15) is 4.79 Å². The van der Waals surface area contributed by atoms with Gasteiger partial charge in [0, 0.05) is 24.3 Å². The molecule has 20 heavy (non-hydrogen) atoms. The number of hydrogen-bond donors (Lipinski definition) is 2. The van der Waals surface area contributed by atoms with Crippen molar-refractivity contribution >= 4 is 11.6 Å². The fraction of sp³-hybridized carbons (Fsp3) is 0.235. The molecule has 1 aliphatic heterocycles. The minimum absolute atomic E-state index is 0.0494. The number of carbonyl (C=O) groups excluding carboxylic acids is 1. The van der Waals surface area contributed by atoms with Gasteiger partial charge in [-0.05, 0) is 48.7 Å². The molecule has 3 heteroatoms. The van der Waals surface area contributed by atoms with E-state index in [1.165, 1.54) is 16.7 Å². The number of rotatable bonds is 2. The number of amides is 1. The highest BCUT2D eigenvalue weighted by molar-refractivity contribution is 6.04. The van der Waals surface area contributed by atoms with Gasteiger partial charge in [-0.25, -0.2) is 0 Å². The van der Waals surface area contributed by atoms with E-state index in [0.717, 1.165) is 24.3 Å². The molecule has 3 rings (SSSR count). The Kier molecular flexibility index (Phi) is 3.28. The first kappa shape index (κ1) is 12.9. The van der Waals surface area contributed by atoms with Crippen LogP contribution in [0, 0.1) is 13.8 Å². The summed E-state index contributed by atoms with van der Waals surface area (Å²) < 4.78 is 0. The van der Waals surface area contributed by atoms with E-state index in [4.69, 9.17) is 0 Å². The molecule has 0 spiro atoms. The van der Waals surface area contributed by atoms with E-state index in [1.54, 1.807) is 0 Å². The third-order valence-electron chi connectivity index (χ3n) is 3.73. The molecular formula is C17H18N2O. The van der Waals surface area contributed by atoms with Crippen LogP contribution in [-0.4, -0.2) is 5.91 Å². The van der Waals surface area contributed by atoms with Crippen LogP contribution in [0.25, 0.3) is 0 Å². The molecule has 0 unspecified atom stereocenters. The van der Waals surface area contributed by atoms with Gasteiger partial charge in [0.05, 0.1) is 0 Å². The zero-order chi connectivity index (χ0) is 14.1. The zero-order valence-corrected chi connectivity index (χ0v) is 11.8. The van der Waals surface area contributed by atoms with Crippen molar-refractivity contribution in [3.8, 4) is 0 Å². The molecule has 2 aromatic rings. The summed E-state index contributed by atoms with van der Waals surface area (Å²) in [6, 6.07) is 11.9. The average Bonchev–Trinajstić information content (AvgIpc) is 2.89. The molecule has 2 aromatic carbocycles. The smallest absolute Gasteiger partial charge is 0.255 e. The van der Waals surface area contributed by atoms with E-state index in [0.29, 0.717) is 5.56 Å². The summed E-state index contributed by atoms with van der Waals surface area (Å²) in [4.78, 5) is 12.3. The molecule has 0 saturated carbocycles. The lowest BCUT2D eigenvalue weighted by Crippen LogP contribution is -2.13. The molecule has 0 saturated heterocycles. The van der Waals surface area contributed by atoms with Crippen LogP contribution in [0.2, 0.25) is 0 Å². The number of fused-ring (bicyclic) bond motifs is 1. The number of aryl methyl sites for hydroxylation is 2. The van der Waals surface area contributed by atoms with Crippen LogP contribution in [0.4, 0.5) is 5.69 Å². The van der Waals surface area contributed by atoms with Gasteiger partial charge in [-0.1, -0.05) is 23.8 Å². The highest BCUT2D eigenvalue weighted by Crippen LogP contribution is 2.20. The molecule has 0 radical (unpaired) electrons. The van der Waals surface area contributed by atoms with Crippen LogP contribution in [0.5, 0.6) is 0 Å². The quantitative estimate of drug-likeness (QED) is 0.876. The maximum atomic E-state index is 12.3. The van der Waals surface area contributed by atoms with E-state index in [2.05, 4.69) is 16.7 Å². The second-order valence-corrected chi connectivity index (χ2v) is 5.36. The maximum Gasteiger partial charge on any atom is 0.255 e. The summed E-state index contributed by atoms with van der Waals surface area (Å²) in [6.45, 7) is 5.80. The van der Waals surface area contributed by atoms with Gasteiger partial charge in [-0.2, -0.15) is 0 Å². The molecule has 0 aliphatic carbocycles. The molecule has 0 fully saturated rings. The molecular weight excluding hydrogens is 248 g/mol. The van der Waals surface area contributed by atoms with E-state index < -0.39 is 0 Å². The van der Waals surface area contributed by atoms with Crippen molar-refractivity contribution in [2.45, 2.75) is 26.9 Å². The van der Waals surface area contributed by atoms with Gasteiger partial charge < -0.3 is 10.6 Å². The SMILES string of the molecule is Cc1ccc(NC(=O)c2ccc3c(c2)CNC3)c(C)c1. The Balaban J connectivity index is 1.82. The van der Waals surface area contributed by atoms with Gasteiger partial charge in [0.15, 0.2) is 0 Å². The van der Waals surface area contributed by atoms with Crippen LogP contribution in [0.1, 0.15) is 32.6 Å². The Morgan fingerprint density at radius 3 is 2.65 bits per heavy atom. The summed E-state index contributed by atoms with van der Waals surface area (Å²) in [7, 11) is 0. The van der Waals surface area contributed by atoms with Crippen LogP contribution in [0.3, 0.4) is 0 Å². The third-order valence-corrected chi connectivity index (χ3v) is 3.73. The van der Waals surface area contributed by atoms with Gasteiger partial charge >= 0.3 is 0 Å².